The van der Waals surface area contributed by atoms with E-state index in [1.165, 1.54) is 6.07 Å². The van der Waals surface area contributed by atoms with Crippen LogP contribution in [0.25, 0.3) is 0 Å². The van der Waals surface area contributed by atoms with Gasteiger partial charge in [0.2, 0.25) is 0 Å². The van der Waals surface area contributed by atoms with Gasteiger partial charge in [-0.2, -0.15) is 4.39 Å². The van der Waals surface area contributed by atoms with Crippen LogP contribution in [0.5, 0.6) is 0 Å². The number of thiophene rings is 1. The fourth-order valence-electron chi connectivity index (χ4n) is 0.259. The predicted octanol–water partition coefficient (Wildman–Crippen LogP) is 2.14. The van der Waals surface area contributed by atoms with Gasteiger partial charge in [0.05, 0.1) is 0 Å². The van der Waals surface area contributed by atoms with E-state index in [1.54, 1.807) is 11.4 Å². The molecule has 0 aliphatic heterocycles. The molecule has 0 bridgehead atoms. The van der Waals surface area contributed by atoms with Crippen LogP contribution in [0.1, 0.15) is 0 Å². The third-order valence-corrected chi connectivity index (χ3v) is 1.32. The molecule has 4 heteroatoms. The lowest BCUT2D eigenvalue weighted by Crippen LogP contribution is -1.82. The number of carbonyl (C=O) groups is 1. The third kappa shape index (κ3) is 6.73. The number of hydrogen-bond donors (Lipinski definition) is 1. The fourth-order valence-corrected chi connectivity index (χ4v) is 0.703. The second kappa shape index (κ2) is 5.61. The minimum Gasteiger partial charge on any atom is -0.478 e. The van der Waals surface area contributed by atoms with Gasteiger partial charge in [0, 0.05) is 6.08 Å². The molecule has 0 atom stereocenters. The zero-order chi connectivity index (χ0) is 8.69. The normalized spacial score (nSPS) is 7.73. The summed E-state index contributed by atoms with van der Waals surface area (Å²) < 4.78 is 11.7. The zero-order valence-corrected chi connectivity index (χ0v) is 6.47. The molecule has 0 radical (unpaired) electrons. The van der Waals surface area contributed by atoms with Gasteiger partial charge in [-0.15, -0.1) is 11.3 Å². The molecule has 0 aromatic carbocycles. The molecule has 1 N–H and O–H groups in total. The number of hydrogen-bond acceptors (Lipinski definition) is 2. The highest BCUT2D eigenvalue weighted by Crippen LogP contribution is 2.02. The predicted molar refractivity (Wildman–Crippen MR) is 42.1 cm³/mol. The summed E-state index contributed by atoms with van der Waals surface area (Å²) in [7, 11) is 0. The number of halogens is 1. The number of aliphatic carboxylic acids is 1. The van der Waals surface area contributed by atoms with Crippen molar-refractivity contribution in [3.63, 3.8) is 0 Å². The first-order valence-corrected chi connectivity index (χ1v) is 3.59. The Morgan fingerprint density at radius 1 is 1.82 bits per heavy atom. The van der Waals surface area contributed by atoms with Gasteiger partial charge in [-0.05, 0) is 17.5 Å². The lowest BCUT2D eigenvalue weighted by atomic mass is 10.7. The monoisotopic (exact) mass is 174 g/mol. The second-order valence-corrected chi connectivity index (χ2v) is 2.36. The Morgan fingerprint density at radius 3 is 2.45 bits per heavy atom. The van der Waals surface area contributed by atoms with E-state index >= 15 is 0 Å². The molecule has 0 aliphatic carbocycles. The van der Waals surface area contributed by atoms with Crippen LogP contribution in [-0.4, -0.2) is 11.1 Å². The van der Waals surface area contributed by atoms with Crippen LogP contribution in [0.2, 0.25) is 0 Å². The minimum atomic E-state index is -0.981. The zero-order valence-electron chi connectivity index (χ0n) is 5.66. The van der Waals surface area contributed by atoms with Crippen molar-refractivity contribution in [1.29, 1.82) is 0 Å². The summed E-state index contributed by atoms with van der Waals surface area (Å²) in [5, 5.41) is 9.19. The average Bonchev–Trinajstić information content (AvgIpc) is 2.41. The molecule has 11 heavy (non-hydrogen) atoms. The van der Waals surface area contributed by atoms with Gasteiger partial charge >= 0.3 is 5.97 Å². The molecule has 0 saturated carbocycles. The van der Waals surface area contributed by atoms with Gasteiger partial charge < -0.3 is 5.11 Å². The van der Waals surface area contributed by atoms with Gasteiger partial charge in [-0.3, -0.25) is 0 Å². The van der Waals surface area contributed by atoms with Gasteiger partial charge in [0.15, 0.2) is 5.13 Å². The Hall–Kier alpha value is -1.16. The van der Waals surface area contributed by atoms with E-state index in [-0.39, 0.29) is 5.13 Å². The number of carboxylic acids is 1. The largest absolute Gasteiger partial charge is 0.478 e. The standard InChI is InChI=1S/C4H3FS.C3H4O2/c5-4-2-1-3-6-4;1-2-3(4)5/h1-3H;2H,1H2,(H,4,5). The van der Waals surface area contributed by atoms with E-state index in [2.05, 4.69) is 6.58 Å². The van der Waals surface area contributed by atoms with Crippen LogP contribution < -0.4 is 0 Å². The molecule has 0 spiro atoms. The number of rotatable bonds is 1. The van der Waals surface area contributed by atoms with E-state index in [4.69, 9.17) is 5.11 Å². The Labute approximate surface area is 67.6 Å². The van der Waals surface area contributed by atoms with Crippen molar-refractivity contribution >= 4 is 17.3 Å². The highest BCUT2D eigenvalue weighted by molar-refractivity contribution is 7.08. The van der Waals surface area contributed by atoms with Crippen LogP contribution in [0.4, 0.5) is 4.39 Å². The van der Waals surface area contributed by atoms with Crippen LogP contribution in [0.3, 0.4) is 0 Å². The van der Waals surface area contributed by atoms with Crippen molar-refractivity contribution in [3.05, 3.63) is 35.3 Å². The lowest BCUT2D eigenvalue weighted by molar-refractivity contribution is -0.131. The summed E-state index contributed by atoms with van der Waals surface area (Å²) in [4.78, 5) is 9.25. The molecule has 1 aromatic rings. The molecular weight excluding hydrogens is 167 g/mol. The Morgan fingerprint density at radius 2 is 2.36 bits per heavy atom. The summed E-state index contributed by atoms with van der Waals surface area (Å²) in [6, 6.07) is 3.12. The van der Waals surface area contributed by atoms with Crippen LogP contribution in [0, 0.1) is 5.13 Å². The van der Waals surface area contributed by atoms with Crippen LogP contribution in [-0.2, 0) is 4.79 Å². The Bertz CT molecular complexity index is 218. The summed E-state index contributed by atoms with van der Waals surface area (Å²) in [5.74, 6) is -0.981. The first-order chi connectivity index (χ1) is 5.16. The van der Waals surface area contributed by atoms with Gasteiger partial charge in [0.25, 0.3) is 0 Å². The van der Waals surface area contributed by atoms with Crippen molar-refractivity contribution in [2.45, 2.75) is 0 Å². The summed E-state index contributed by atoms with van der Waals surface area (Å²) in [5.41, 5.74) is 0. The molecule has 1 rings (SSSR count). The maximum absolute atomic E-state index is 11.7. The van der Waals surface area contributed by atoms with Crippen molar-refractivity contribution in [2.24, 2.45) is 0 Å². The smallest absolute Gasteiger partial charge is 0.327 e. The van der Waals surface area contributed by atoms with Gasteiger partial charge in [0.1, 0.15) is 0 Å². The molecular formula is C7H7FO2S. The van der Waals surface area contributed by atoms with Crippen molar-refractivity contribution in [2.75, 3.05) is 0 Å². The van der Waals surface area contributed by atoms with Crippen molar-refractivity contribution in [3.8, 4) is 0 Å². The van der Waals surface area contributed by atoms with Gasteiger partial charge in [-0.1, -0.05) is 6.58 Å². The first-order valence-electron chi connectivity index (χ1n) is 2.71. The highest BCUT2D eigenvalue weighted by atomic mass is 32.1. The highest BCUT2D eigenvalue weighted by Gasteiger charge is 1.80. The SMILES string of the molecule is C=CC(=O)O.Fc1cccs1. The molecule has 0 amide bonds. The first kappa shape index (κ1) is 9.84. The second-order valence-electron chi connectivity index (χ2n) is 1.46. The summed E-state index contributed by atoms with van der Waals surface area (Å²) in [6.45, 7) is 2.96. The van der Waals surface area contributed by atoms with E-state index in [1.807, 2.05) is 0 Å². The summed E-state index contributed by atoms with van der Waals surface area (Å²) >= 11 is 1.11. The maximum atomic E-state index is 11.7. The Balaban J connectivity index is 0.000000187. The van der Waals surface area contributed by atoms with E-state index < -0.39 is 5.97 Å². The fraction of sp³-hybridized carbons (Fsp3) is 0. The molecule has 0 saturated heterocycles. The van der Waals surface area contributed by atoms with Gasteiger partial charge in [-0.25, -0.2) is 4.79 Å². The molecule has 0 aliphatic rings. The Kier molecular flexibility index (Phi) is 5.02. The van der Waals surface area contributed by atoms with Crippen molar-refractivity contribution < 1.29 is 14.3 Å². The topological polar surface area (TPSA) is 37.3 Å². The quantitative estimate of drug-likeness (QED) is 0.662. The van der Waals surface area contributed by atoms with E-state index in [0.717, 1.165) is 17.4 Å². The third-order valence-electron chi connectivity index (χ3n) is 0.661. The minimum absolute atomic E-state index is 0.116. The average molecular weight is 174 g/mol. The molecule has 60 valence electrons. The van der Waals surface area contributed by atoms with E-state index in [0.29, 0.717) is 0 Å². The van der Waals surface area contributed by atoms with Crippen molar-refractivity contribution in [1.82, 2.24) is 0 Å². The molecule has 0 fully saturated rings. The number of carboxylic acid groups (broad SMARTS) is 1. The molecule has 1 heterocycles. The van der Waals surface area contributed by atoms with E-state index in [9.17, 15) is 9.18 Å². The lowest BCUT2D eigenvalue weighted by Gasteiger charge is -1.64. The maximum Gasteiger partial charge on any atom is 0.327 e. The molecule has 0 unspecified atom stereocenters. The summed E-state index contributed by atoms with van der Waals surface area (Å²) in [6.07, 6.45) is 0.833. The van der Waals surface area contributed by atoms with Crippen LogP contribution >= 0.6 is 11.3 Å². The molecule has 1 aromatic heterocycles. The van der Waals surface area contributed by atoms with Crippen LogP contribution in [0.15, 0.2) is 30.2 Å². The molecule has 2 nitrogen and oxygen atoms in total.